The first-order chi connectivity index (χ1) is 14.4. The van der Waals surface area contributed by atoms with Gasteiger partial charge in [0.25, 0.3) is 0 Å². The molecule has 30 heavy (non-hydrogen) atoms. The number of benzene rings is 1. The van der Waals surface area contributed by atoms with Crippen molar-refractivity contribution < 1.29 is 18.7 Å². The molecule has 0 saturated carbocycles. The molecule has 1 fully saturated rings. The van der Waals surface area contributed by atoms with E-state index in [2.05, 4.69) is 20.9 Å². The number of nitrogens with one attached hydrogen (secondary N) is 3. The van der Waals surface area contributed by atoms with E-state index in [1.165, 1.54) is 19.4 Å². The number of rotatable bonds is 6. The van der Waals surface area contributed by atoms with Crippen LogP contribution in [-0.2, 0) is 11.2 Å². The van der Waals surface area contributed by atoms with Gasteiger partial charge in [-0.3, -0.25) is 4.98 Å². The van der Waals surface area contributed by atoms with Gasteiger partial charge in [0.1, 0.15) is 5.82 Å². The minimum absolute atomic E-state index is 0.114. The Morgan fingerprint density at radius 1 is 1.27 bits per heavy atom. The predicted octanol–water partition coefficient (Wildman–Crippen LogP) is 3.15. The number of likely N-dealkylation sites (tertiary alicyclic amines) is 1. The third-order valence-corrected chi connectivity index (χ3v) is 4.92. The molecule has 3 N–H and O–H groups in total. The summed E-state index contributed by atoms with van der Waals surface area (Å²) in [5.41, 5.74) is 2.36. The molecule has 3 amide bonds. The van der Waals surface area contributed by atoms with E-state index in [1.54, 1.807) is 29.2 Å². The zero-order chi connectivity index (χ0) is 21.5. The standard InChI is InChI=1S/C21H26FN5O3/c1-14-3-5-16(12-24-14)25-20(28)26-19-11-15(4-6-18(19)22)7-9-23-17-8-10-27(13-17)21(29)30-2/h3-6,11-12,17,23H,7-10,13H2,1-2H3,(H2,25,26,28)/t17-/m1/s1. The van der Waals surface area contributed by atoms with E-state index in [4.69, 9.17) is 4.74 Å². The molecule has 8 nitrogen and oxygen atoms in total. The van der Waals surface area contributed by atoms with Gasteiger partial charge in [0.2, 0.25) is 0 Å². The van der Waals surface area contributed by atoms with E-state index in [0.717, 1.165) is 17.7 Å². The molecule has 1 aromatic carbocycles. The molecular formula is C21H26FN5O3. The molecule has 1 aliphatic heterocycles. The topological polar surface area (TPSA) is 95.6 Å². The lowest BCUT2D eigenvalue weighted by atomic mass is 10.1. The van der Waals surface area contributed by atoms with Crippen molar-refractivity contribution in [2.24, 2.45) is 0 Å². The Balaban J connectivity index is 1.49. The van der Waals surface area contributed by atoms with Gasteiger partial charge in [0, 0.05) is 24.8 Å². The number of hydrogen-bond donors (Lipinski definition) is 3. The normalized spacial score (nSPS) is 15.7. The van der Waals surface area contributed by atoms with E-state index in [0.29, 0.717) is 31.7 Å². The second-order valence-corrected chi connectivity index (χ2v) is 7.19. The molecule has 1 aromatic heterocycles. The van der Waals surface area contributed by atoms with Crippen molar-refractivity contribution in [2.45, 2.75) is 25.8 Å². The average molecular weight is 415 g/mol. The van der Waals surface area contributed by atoms with Gasteiger partial charge in [0.15, 0.2) is 0 Å². The van der Waals surface area contributed by atoms with Gasteiger partial charge in [-0.15, -0.1) is 0 Å². The van der Waals surface area contributed by atoms with Crippen molar-refractivity contribution in [3.63, 3.8) is 0 Å². The van der Waals surface area contributed by atoms with Gasteiger partial charge in [-0.1, -0.05) is 6.07 Å². The van der Waals surface area contributed by atoms with Crippen molar-refractivity contribution in [3.8, 4) is 0 Å². The molecule has 2 aromatic rings. The van der Waals surface area contributed by atoms with E-state index < -0.39 is 11.8 Å². The highest BCUT2D eigenvalue weighted by atomic mass is 19.1. The van der Waals surface area contributed by atoms with E-state index in [-0.39, 0.29) is 17.8 Å². The summed E-state index contributed by atoms with van der Waals surface area (Å²) >= 11 is 0. The van der Waals surface area contributed by atoms with E-state index >= 15 is 0 Å². The lowest BCUT2D eigenvalue weighted by molar-refractivity contribution is 0.132. The molecule has 1 atom stereocenters. The first kappa shape index (κ1) is 21.5. The fraction of sp³-hybridized carbons (Fsp3) is 0.381. The lowest BCUT2D eigenvalue weighted by Crippen LogP contribution is -2.36. The first-order valence-electron chi connectivity index (χ1n) is 9.80. The van der Waals surface area contributed by atoms with Gasteiger partial charge in [-0.25, -0.2) is 14.0 Å². The summed E-state index contributed by atoms with van der Waals surface area (Å²) in [6, 6.07) is 7.83. The summed E-state index contributed by atoms with van der Waals surface area (Å²) in [7, 11) is 1.38. The second-order valence-electron chi connectivity index (χ2n) is 7.19. The highest BCUT2D eigenvalue weighted by Crippen LogP contribution is 2.18. The van der Waals surface area contributed by atoms with Crippen LogP contribution in [0.4, 0.5) is 25.4 Å². The quantitative estimate of drug-likeness (QED) is 0.674. The van der Waals surface area contributed by atoms with Crippen LogP contribution >= 0.6 is 0 Å². The van der Waals surface area contributed by atoms with Crippen molar-refractivity contribution >= 4 is 23.5 Å². The molecular weight excluding hydrogens is 389 g/mol. The van der Waals surface area contributed by atoms with Crippen LogP contribution in [-0.4, -0.2) is 54.8 Å². The van der Waals surface area contributed by atoms with Crippen LogP contribution < -0.4 is 16.0 Å². The summed E-state index contributed by atoms with van der Waals surface area (Å²) in [6.07, 6.45) is 2.75. The Bertz CT molecular complexity index is 891. The number of pyridine rings is 1. The third-order valence-electron chi connectivity index (χ3n) is 4.92. The number of carbonyl (C=O) groups excluding carboxylic acids is 2. The number of aromatic nitrogens is 1. The Morgan fingerprint density at radius 3 is 2.83 bits per heavy atom. The monoisotopic (exact) mass is 415 g/mol. The molecule has 0 spiro atoms. The van der Waals surface area contributed by atoms with Crippen LogP contribution in [0.2, 0.25) is 0 Å². The maximum absolute atomic E-state index is 14.1. The highest BCUT2D eigenvalue weighted by Gasteiger charge is 2.26. The predicted molar refractivity (Wildman–Crippen MR) is 112 cm³/mol. The molecule has 0 bridgehead atoms. The first-order valence-corrected chi connectivity index (χ1v) is 9.80. The highest BCUT2D eigenvalue weighted by molar-refractivity contribution is 5.99. The number of aryl methyl sites for hydroxylation is 1. The van der Waals surface area contributed by atoms with Crippen LogP contribution in [0, 0.1) is 12.7 Å². The number of anilines is 2. The van der Waals surface area contributed by atoms with Gasteiger partial charge in [0.05, 0.1) is 24.7 Å². The van der Waals surface area contributed by atoms with Crippen molar-refractivity contribution in [3.05, 3.63) is 53.6 Å². The van der Waals surface area contributed by atoms with E-state index in [1.807, 2.05) is 6.92 Å². The van der Waals surface area contributed by atoms with E-state index in [9.17, 15) is 14.0 Å². The van der Waals surface area contributed by atoms with Crippen molar-refractivity contribution in [2.75, 3.05) is 37.4 Å². The number of hydrogen-bond acceptors (Lipinski definition) is 5. The van der Waals surface area contributed by atoms with Crippen LogP contribution in [0.5, 0.6) is 0 Å². The van der Waals surface area contributed by atoms with Gasteiger partial charge >= 0.3 is 12.1 Å². The zero-order valence-electron chi connectivity index (χ0n) is 17.1. The van der Waals surface area contributed by atoms with Crippen LogP contribution in [0.15, 0.2) is 36.5 Å². The maximum atomic E-state index is 14.1. The van der Waals surface area contributed by atoms with Crippen LogP contribution in [0.1, 0.15) is 17.7 Å². The molecule has 1 aliphatic rings. The molecule has 0 aliphatic carbocycles. The smallest absolute Gasteiger partial charge is 0.409 e. The van der Waals surface area contributed by atoms with Crippen molar-refractivity contribution in [1.29, 1.82) is 0 Å². The second kappa shape index (κ2) is 10.0. The average Bonchev–Trinajstić information content (AvgIpc) is 3.20. The number of nitrogens with zero attached hydrogens (tertiary/aromatic N) is 2. The fourth-order valence-electron chi connectivity index (χ4n) is 3.29. The molecule has 2 heterocycles. The largest absolute Gasteiger partial charge is 0.453 e. The summed E-state index contributed by atoms with van der Waals surface area (Å²) in [4.78, 5) is 29.5. The fourth-order valence-corrected chi connectivity index (χ4v) is 3.29. The molecule has 0 unspecified atom stereocenters. The number of amides is 3. The SMILES string of the molecule is COC(=O)N1CC[C@@H](NCCc2ccc(F)c(NC(=O)Nc3ccc(C)nc3)c2)C1. The lowest BCUT2D eigenvalue weighted by Gasteiger charge is -2.15. The number of methoxy groups -OCH3 is 1. The molecule has 1 saturated heterocycles. The summed E-state index contributed by atoms with van der Waals surface area (Å²) < 4.78 is 18.9. The summed E-state index contributed by atoms with van der Waals surface area (Å²) in [5.74, 6) is -0.506. The molecule has 0 radical (unpaired) electrons. The Hall–Kier alpha value is -3.20. The number of urea groups is 1. The van der Waals surface area contributed by atoms with Crippen molar-refractivity contribution in [1.82, 2.24) is 15.2 Å². The van der Waals surface area contributed by atoms with Crippen LogP contribution in [0.3, 0.4) is 0 Å². The Kier molecular flexibility index (Phi) is 7.18. The van der Waals surface area contributed by atoms with Gasteiger partial charge in [-0.05, 0) is 56.1 Å². The van der Waals surface area contributed by atoms with Crippen LogP contribution in [0.25, 0.3) is 0 Å². The third kappa shape index (κ3) is 5.90. The number of carbonyl (C=O) groups is 2. The van der Waals surface area contributed by atoms with Gasteiger partial charge in [-0.2, -0.15) is 0 Å². The molecule has 3 rings (SSSR count). The minimum Gasteiger partial charge on any atom is -0.453 e. The van der Waals surface area contributed by atoms with Gasteiger partial charge < -0.3 is 25.6 Å². The summed E-state index contributed by atoms with van der Waals surface area (Å²) in [5, 5.41) is 8.57. The zero-order valence-corrected chi connectivity index (χ0v) is 17.1. The molecule has 9 heteroatoms. The summed E-state index contributed by atoms with van der Waals surface area (Å²) in [6.45, 7) is 3.80. The number of halogens is 1. The maximum Gasteiger partial charge on any atom is 0.409 e. The minimum atomic E-state index is -0.538. The molecule has 160 valence electrons. The number of ether oxygens (including phenoxy) is 1. The Labute approximate surface area is 174 Å². The Morgan fingerprint density at radius 2 is 2.10 bits per heavy atom.